The van der Waals surface area contributed by atoms with Crippen molar-refractivity contribution in [2.24, 2.45) is 5.92 Å². The lowest BCUT2D eigenvalue weighted by Crippen LogP contribution is -2.49. The molecule has 19 heavy (non-hydrogen) atoms. The number of nitrogens with zero attached hydrogens (tertiary/aromatic N) is 1. The average molecular weight is 284 g/mol. The summed E-state index contributed by atoms with van der Waals surface area (Å²) in [6.07, 6.45) is 8.38. The number of hydrogen-bond donors (Lipinski definition) is 1. The number of hydrogen-bond acceptors (Lipinski definition) is 3. The van der Waals surface area contributed by atoms with Crippen LogP contribution < -0.4 is 5.32 Å². The van der Waals surface area contributed by atoms with E-state index in [2.05, 4.69) is 37.2 Å². The van der Waals surface area contributed by atoms with Gasteiger partial charge in [0.2, 0.25) is 5.91 Å². The lowest BCUT2D eigenvalue weighted by atomic mass is 9.93. The molecular formula is C15H28N2OS. The van der Waals surface area contributed by atoms with Crippen molar-refractivity contribution in [1.29, 1.82) is 0 Å². The summed E-state index contributed by atoms with van der Waals surface area (Å²) in [5.41, 5.74) is 0. The highest BCUT2D eigenvalue weighted by atomic mass is 32.2. The van der Waals surface area contributed by atoms with E-state index >= 15 is 0 Å². The first-order chi connectivity index (χ1) is 9.04. The fourth-order valence-electron chi connectivity index (χ4n) is 3.57. The van der Waals surface area contributed by atoms with Crippen molar-refractivity contribution in [2.75, 3.05) is 6.26 Å². The van der Waals surface area contributed by atoms with Crippen LogP contribution in [0.4, 0.5) is 0 Å². The van der Waals surface area contributed by atoms with E-state index in [9.17, 15) is 4.79 Å². The molecule has 1 aliphatic heterocycles. The van der Waals surface area contributed by atoms with Gasteiger partial charge in [-0.05, 0) is 38.4 Å². The monoisotopic (exact) mass is 284 g/mol. The van der Waals surface area contributed by atoms with Crippen LogP contribution in [0.25, 0.3) is 0 Å². The SMILES string of the molecule is CSC1CCCCC1N1C(=O)C(CC(C)C)NC1C. The molecule has 110 valence electrons. The predicted molar refractivity (Wildman–Crippen MR) is 82.2 cm³/mol. The molecular weight excluding hydrogens is 256 g/mol. The minimum Gasteiger partial charge on any atom is -0.322 e. The molecule has 4 atom stereocenters. The van der Waals surface area contributed by atoms with Gasteiger partial charge in [-0.1, -0.05) is 26.7 Å². The van der Waals surface area contributed by atoms with Crippen molar-refractivity contribution in [3.05, 3.63) is 0 Å². The van der Waals surface area contributed by atoms with Gasteiger partial charge in [-0.2, -0.15) is 11.8 Å². The molecule has 0 aromatic rings. The van der Waals surface area contributed by atoms with Gasteiger partial charge in [0, 0.05) is 11.3 Å². The number of amides is 1. The van der Waals surface area contributed by atoms with Gasteiger partial charge in [-0.15, -0.1) is 0 Å². The molecule has 0 radical (unpaired) electrons. The van der Waals surface area contributed by atoms with E-state index in [1.165, 1.54) is 25.7 Å². The zero-order valence-electron chi connectivity index (χ0n) is 12.7. The maximum absolute atomic E-state index is 12.7. The second-order valence-corrected chi connectivity index (χ2v) is 7.47. The summed E-state index contributed by atoms with van der Waals surface area (Å²) in [4.78, 5) is 14.8. The van der Waals surface area contributed by atoms with E-state index in [0.29, 0.717) is 23.1 Å². The quantitative estimate of drug-likeness (QED) is 0.861. The average Bonchev–Trinajstić information content (AvgIpc) is 2.64. The third-order valence-electron chi connectivity index (χ3n) is 4.45. The largest absolute Gasteiger partial charge is 0.322 e. The van der Waals surface area contributed by atoms with Crippen molar-refractivity contribution in [2.45, 2.75) is 76.4 Å². The number of rotatable bonds is 4. The number of thioether (sulfide) groups is 1. The first-order valence-electron chi connectivity index (χ1n) is 7.65. The van der Waals surface area contributed by atoms with Gasteiger partial charge < -0.3 is 4.90 Å². The van der Waals surface area contributed by atoms with Crippen LogP contribution in [0.5, 0.6) is 0 Å². The molecule has 0 bridgehead atoms. The Balaban J connectivity index is 2.08. The minimum atomic E-state index is 0.0411. The highest BCUT2D eigenvalue weighted by molar-refractivity contribution is 7.99. The van der Waals surface area contributed by atoms with Gasteiger partial charge in [0.1, 0.15) is 0 Å². The summed E-state index contributed by atoms with van der Waals surface area (Å²) in [5, 5.41) is 4.12. The van der Waals surface area contributed by atoms with Gasteiger partial charge in [-0.25, -0.2) is 0 Å². The van der Waals surface area contributed by atoms with E-state index < -0.39 is 0 Å². The normalized spacial score (nSPS) is 36.3. The standard InChI is InChI=1S/C15H28N2OS/c1-10(2)9-12-15(18)17(11(3)16-12)13-7-5-6-8-14(13)19-4/h10-14,16H,5-9H2,1-4H3. The number of nitrogens with one attached hydrogen (secondary N) is 1. The van der Waals surface area contributed by atoms with Crippen LogP contribution in [0.15, 0.2) is 0 Å². The molecule has 1 saturated carbocycles. The molecule has 1 heterocycles. The molecule has 1 amide bonds. The summed E-state index contributed by atoms with van der Waals surface area (Å²) in [6, 6.07) is 0.482. The molecule has 0 spiro atoms. The maximum atomic E-state index is 12.7. The van der Waals surface area contributed by atoms with Crippen LogP contribution in [0.3, 0.4) is 0 Å². The number of carbonyl (C=O) groups is 1. The summed E-state index contributed by atoms with van der Waals surface area (Å²) < 4.78 is 0. The van der Waals surface area contributed by atoms with Crippen molar-refractivity contribution >= 4 is 17.7 Å². The Labute approximate surface area is 121 Å². The maximum Gasteiger partial charge on any atom is 0.241 e. The second kappa shape index (κ2) is 6.49. The van der Waals surface area contributed by atoms with Crippen molar-refractivity contribution in [3.8, 4) is 0 Å². The van der Waals surface area contributed by atoms with Gasteiger partial charge >= 0.3 is 0 Å². The van der Waals surface area contributed by atoms with Crippen LogP contribution in [-0.2, 0) is 4.79 Å². The molecule has 2 aliphatic rings. The summed E-state index contributed by atoms with van der Waals surface area (Å²) in [6.45, 7) is 6.52. The smallest absolute Gasteiger partial charge is 0.241 e. The highest BCUT2D eigenvalue weighted by Gasteiger charge is 2.43. The molecule has 0 aromatic carbocycles. The Morgan fingerprint density at radius 2 is 2.05 bits per heavy atom. The van der Waals surface area contributed by atoms with Crippen molar-refractivity contribution in [3.63, 3.8) is 0 Å². The Morgan fingerprint density at radius 1 is 1.37 bits per heavy atom. The van der Waals surface area contributed by atoms with E-state index in [1.807, 2.05) is 11.8 Å². The molecule has 1 aliphatic carbocycles. The fraction of sp³-hybridized carbons (Fsp3) is 0.933. The highest BCUT2D eigenvalue weighted by Crippen LogP contribution is 2.33. The second-order valence-electron chi connectivity index (χ2n) is 6.40. The van der Waals surface area contributed by atoms with Crippen LogP contribution in [0.1, 0.15) is 52.9 Å². The molecule has 4 unspecified atom stereocenters. The zero-order chi connectivity index (χ0) is 14.0. The third kappa shape index (κ3) is 3.27. The Morgan fingerprint density at radius 3 is 2.68 bits per heavy atom. The van der Waals surface area contributed by atoms with E-state index in [0.717, 1.165) is 6.42 Å². The van der Waals surface area contributed by atoms with E-state index in [1.54, 1.807) is 0 Å². The molecule has 2 rings (SSSR count). The van der Waals surface area contributed by atoms with E-state index in [-0.39, 0.29) is 12.2 Å². The lowest BCUT2D eigenvalue weighted by molar-refractivity contribution is -0.132. The predicted octanol–water partition coefficient (Wildman–Crippen LogP) is 2.85. The van der Waals surface area contributed by atoms with Crippen LogP contribution in [-0.4, -0.2) is 40.6 Å². The van der Waals surface area contributed by atoms with Crippen LogP contribution in [0, 0.1) is 5.92 Å². The number of carbonyl (C=O) groups excluding carboxylic acids is 1. The fourth-order valence-corrected chi connectivity index (χ4v) is 4.56. The Bertz CT molecular complexity index is 321. The van der Waals surface area contributed by atoms with Crippen molar-refractivity contribution in [1.82, 2.24) is 10.2 Å². The Hall–Kier alpha value is -0.220. The first-order valence-corrected chi connectivity index (χ1v) is 8.94. The molecule has 1 N–H and O–H groups in total. The third-order valence-corrected chi connectivity index (χ3v) is 5.60. The van der Waals surface area contributed by atoms with Gasteiger partial charge in [0.05, 0.1) is 12.2 Å². The lowest BCUT2D eigenvalue weighted by Gasteiger charge is -2.39. The Kier molecular flexibility index (Phi) is 5.18. The molecule has 0 aromatic heterocycles. The van der Waals surface area contributed by atoms with Crippen LogP contribution in [0.2, 0.25) is 0 Å². The van der Waals surface area contributed by atoms with Gasteiger partial charge in [0.25, 0.3) is 0 Å². The first kappa shape index (κ1) is 15.2. The molecule has 4 heteroatoms. The van der Waals surface area contributed by atoms with Crippen LogP contribution >= 0.6 is 11.8 Å². The topological polar surface area (TPSA) is 32.3 Å². The molecule has 2 fully saturated rings. The van der Waals surface area contributed by atoms with Gasteiger partial charge in [-0.3, -0.25) is 10.1 Å². The summed E-state index contributed by atoms with van der Waals surface area (Å²) in [7, 11) is 0. The summed E-state index contributed by atoms with van der Waals surface area (Å²) >= 11 is 1.94. The molecule has 1 saturated heterocycles. The summed E-state index contributed by atoms with van der Waals surface area (Å²) in [5.74, 6) is 0.906. The zero-order valence-corrected chi connectivity index (χ0v) is 13.5. The van der Waals surface area contributed by atoms with Gasteiger partial charge in [0.15, 0.2) is 0 Å². The van der Waals surface area contributed by atoms with Crippen molar-refractivity contribution < 1.29 is 4.79 Å². The van der Waals surface area contributed by atoms with E-state index in [4.69, 9.17) is 0 Å². The minimum absolute atomic E-state index is 0.0411. The molecule has 3 nitrogen and oxygen atoms in total.